The molecule has 32 heavy (non-hydrogen) atoms. The van der Waals surface area contributed by atoms with Gasteiger partial charge in [-0.05, 0) is 37.3 Å². The quantitative estimate of drug-likeness (QED) is 0.468. The highest BCUT2D eigenvalue weighted by Crippen LogP contribution is 2.35. The molecule has 5 aromatic rings. The van der Waals surface area contributed by atoms with Crippen LogP contribution >= 0.6 is 0 Å². The number of H-pyrrole nitrogens is 1. The molecule has 0 saturated carbocycles. The maximum absolute atomic E-state index is 4.95. The first-order valence-corrected chi connectivity index (χ1v) is 11.2. The van der Waals surface area contributed by atoms with Crippen LogP contribution in [0.15, 0.2) is 49.2 Å². The molecule has 0 bridgehead atoms. The molecule has 1 aliphatic rings. The summed E-state index contributed by atoms with van der Waals surface area (Å²) >= 11 is 0. The van der Waals surface area contributed by atoms with Gasteiger partial charge in [0, 0.05) is 50.0 Å². The molecular weight excluding hydrogens is 400 g/mol. The van der Waals surface area contributed by atoms with Gasteiger partial charge in [-0.15, -0.1) is 0 Å². The van der Waals surface area contributed by atoms with E-state index in [1.54, 1.807) is 6.33 Å². The number of nitrogens with one attached hydrogen (secondary N) is 1. The Kier molecular flexibility index (Phi) is 4.45. The van der Waals surface area contributed by atoms with Crippen molar-refractivity contribution in [2.75, 3.05) is 18.0 Å². The van der Waals surface area contributed by atoms with Gasteiger partial charge in [-0.2, -0.15) is 5.10 Å². The van der Waals surface area contributed by atoms with Gasteiger partial charge < -0.3 is 14.5 Å². The number of fused-ring (bicyclic) bond motifs is 2. The molecule has 1 aromatic carbocycles. The number of hydrogen-bond acceptors (Lipinski definition) is 5. The molecule has 4 aromatic heterocycles. The number of rotatable bonds is 4. The van der Waals surface area contributed by atoms with Crippen molar-refractivity contribution in [1.29, 1.82) is 0 Å². The van der Waals surface area contributed by atoms with Gasteiger partial charge >= 0.3 is 0 Å². The first kappa shape index (κ1) is 19.0. The number of para-hydroxylation sites is 1. The predicted octanol–water partition coefficient (Wildman–Crippen LogP) is 4.11. The number of anilines is 1. The minimum atomic E-state index is 0.555. The van der Waals surface area contributed by atoms with Crippen molar-refractivity contribution < 1.29 is 0 Å². The number of aromatic nitrogens is 7. The molecule has 0 atom stereocenters. The molecule has 8 nitrogen and oxygen atoms in total. The standard InChI is InChI=1S/C24H26N8/c1-3-32-14-17(12-28-32)22-29-21-23(30(22)2)26-15-27-24(21)31-10-8-16(9-11-31)19-13-25-20-7-5-4-6-18(19)20/h4-7,12-16,25H,3,8-11H2,1-2H3. The number of nitrogens with zero attached hydrogens (tertiary/aromatic N) is 7. The number of imidazole rings is 1. The molecule has 8 heteroatoms. The minimum absolute atomic E-state index is 0.555. The SMILES string of the molecule is CCn1cc(-c2nc3c(N4CCC(c5c[nH]c6ccccc56)CC4)ncnc3n2C)cn1. The number of aromatic amines is 1. The van der Waals surface area contributed by atoms with Crippen molar-refractivity contribution in [3.8, 4) is 11.4 Å². The van der Waals surface area contributed by atoms with Crippen LogP contribution in [0.25, 0.3) is 33.5 Å². The second kappa shape index (κ2) is 7.47. The molecule has 0 radical (unpaired) electrons. The fraction of sp³-hybridized carbons (Fsp3) is 0.333. The van der Waals surface area contributed by atoms with Gasteiger partial charge in [-0.25, -0.2) is 15.0 Å². The zero-order valence-corrected chi connectivity index (χ0v) is 18.4. The summed E-state index contributed by atoms with van der Waals surface area (Å²) in [5.74, 6) is 2.35. The molecule has 0 unspecified atom stereocenters. The van der Waals surface area contributed by atoms with Crippen LogP contribution in [0.2, 0.25) is 0 Å². The molecule has 1 fully saturated rings. The number of aryl methyl sites for hydroxylation is 2. The average Bonchev–Trinajstić information content (AvgIpc) is 3.56. The van der Waals surface area contributed by atoms with Gasteiger partial charge in [0.15, 0.2) is 17.0 Å². The third-order valence-electron chi connectivity index (χ3n) is 6.71. The highest BCUT2D eigenvalue weighted by Gasteiger charge is 2.26. The van der Waals surface area contributed by atoms with E-state index in [-0.39, 0.29) is 0 Å². The van der Waals surface area contributed by atoms with Crippen LogP contribution in [0.1, 0.15) is 31.2 Å². The molecule has 0 aliphatic carbocycles. The molecule has 0 spiro atoms. The molecule has 1 aliphatic heterocycles. The highest BCUT2D eigenvalue weighted by molar-refractivity contribution is 5.87. The van der Waals surface area contributed by atoms with E-state index >= 15 is 0 Å². The fourth-order valence-electron chi connectivity index (χ4n) is 4.96. The first-order chi connectivity index (χ1) is 15.7. The van der Waals surface area contributed by atoms with Gasteiger partial charge in [-0.1, -0.05) is 18.2 Å². The maximum atomic E-state index is 4.95. The third kappa shape index (κ3) is 2.97. The lowest BCUT2D eigenvalue weighted by Gasteiger charge is -2.32. The summed E-state index contributed by atoms with van der Waals surface area (Å²) in [5, 5.41) is 5.75. The van der Waals surface area contributed by atoms with E-state index in [0.717, 1.165) is 60.8 Å². The third-order valence-corrected chi connectivity index (χ3v) is 6.71. The van der Waals surface area contributed by atoms with Crippen molar-refractivity contribution in [3.05, 3.63) is 54.7 Å². The number of hydrogen-bond donors (Lipinski definition) is 1. The van der Waals surface area contributed by atoms with E-state index < -0.39 is 0 Å². The summed E-state index contributed by atoms with van der Waals surface area (Å²) in [7, 11) is 2.01. The van der Waals surface area contributed by atoms with Gasteiger partial charge in [0.05, 0.1) is 11.8 Å². The van der Waals surface area contributed by atoms with Gasteiger partial charge in [0.2, 0.25) is 0 Å². The van der Waals surface area contributed by atoms with Crippen LogP contribution < -0.4 is 4.90 Å². The van der Waals surface area contributed by atoms with E-state index in [1.165, 1.54) is 16.5 Å². The Balaban J connectivity index is 1.29. The first-order valence-electron chi connectivity index (χ1n) is 11.2. The minimum Gasteiger partial charge on any atom is -0.361 e. The van der Waals surface area contributed by atoms with E-state index in [1.807, 2.05) is 28.7 Å². The number of piperidine rings is 1. The van der Waals surface area contributed by atoms with Crippen LogP contribution in [0, 0.1) is 0 Å². The fourth-order valence-corrected chi connectivity index (χ4v) is 4.96. The molecule has 5 heterocycles. The van der Waals surface area contributed by atoms with Crippen LogP contribution in [-0.2, 0) is 13.6 Å². The van der Waals surface area contributed by atoms with Crippen LogP contribution in [0.3, 0.4) is 0 Å². The zero-order chi connectivity index (χ0) is 21.7. The molecule has 1 N–H and O–H groups in total. The van der Waals surface area contributed by atoms with Crippen molar-refractivity contribution in [1.82, 2.24) is 34.3 Å². The lowest BCUT2D eigenvalue weighted by molar-refractivity contribution is 0.505. The highest BCUT2D eigenvalue weighted by atomic mass is 15.3. The monoisotopic (exact) mass is 426 g/mol. The predicted molar refractivity (Wildman–Crippen MR) is 126 cm³/mol. The van der Waals surface area contributed by atoms with E-state index in [9.17, 15) is 0 Å². The normalized spacial score (nSPS) is 15.2. The topological polar surface area (TPSA) is 80.5 Å². The largest absolute Gasteiger partial charge is 0.361 e. The summed E-state index contributed by atoms with van der Waals surface area (Å²) in [4.78, 5) is 19.9. The van der Waals surface area contributed by atoms with E-state index in [2.05, 4.69) is 62.3 Å². The Morgan fingerprint density at radius 1 is 1.12 bits per heavy atom. The summed E-state index contributed by atoms with van der Waals surface area (Å²) in [5.41, 5.74) is 5.36. The summed E-state index contributed by atoms with van der Waals surface area (Å²) < 4.78 is 3.95. The Bertz CT molecular complexity index is 1400. The molecular formula is C24H26N8. The summed E-state index contributed by atoms with van der Waals surface area (Å²) in [6.07, 6.45) is 9.93. The molecule has 162 valence electrons. The smallest absolute Gasteiger partial charge is 0.165 e. The van der Waals surface area contributed by atoms with Crippen molar-refractivity contribution in [3.63, 3.8) is 0 Å². The van der Waals surface area contributed by atoms with Crippen molar-refractivity contribution >= 4 is 27.9 Å². The molecule has 1 saturated heterocycles. The Hall–Kier alpha value is -3.68. The second-order valence-corrected chi connectivity index (χ2v) is 8.50. The maximum Gasteiger partial charge on any atom is 0.165 e. The van der Waals surface area contributed by atoms with Crippen molar-refractivity contribution in [2.45, 2.75) is 32.2 Å². The summed E-state index contributed by atoms with van der Waals surface area (Å²) in [6, 6.07) is 8.57. The zero-order valence-electron chi connectivity index (χ0n) is 18.4. The van der Waals surface area contributed by atoms with Gasteiger partial charge in [0.25, 0.3) is 0 Å². The molecule has 6 rings (SSSR count). The van der Waals surface area contributed by atoms with Gasteiger partial charge in [0.1, 0.15) is 12.2 Å². The lowest BCUT2D eigenvalue weighted by Crippen LogP contribution is -2.33. The Labute approximate surface area is 185 Å². The molecule has 0 amide bonds. The van der Waals surface area contributed by atoms with Crippen LogP contribution in [0.5, 0.6) is 0 Å². The average molecular weight is 427 g/mol. The Morgan fingerprint density at radius 2 is 1.97 bits per heavy atom. The van der Waals surface area contributed by atoms with Crippen LogP contribution in [0.4, 0.5) is 5.82 Å². The van der Waals surface area contributed by atoms with Crippen LogP contribution in [-0.4, -0.2) is 47.4 Å². The second-order valence-electron chi connectivity index (χ2n) is 8.50. The Morgan fingerprint density at radius 3 is 2.78 bits per heavy atom. The van der Waals surface area contributed by atoms with E-state index in [4.69, 9.17) is 4.98 Å². The summed E-state index contributed by atoms with van der Waals surface area (Å²) in [6.45, 7) is 4.82. The van der Waals surface area contributed by atoms with Crippen molar-refractivity contribution in [2.24, 2.45) is 7.05 Å². The number of benzene rings is 1. The van der Waals surface area contributed by atoms with E-state index in [0.29, 0.717) is 5.92 Å². The van der Waals surface area contributed by atoms with Gasteiger partial charge in [-0.3, -0.25) is 4.68 Å². The lowest BCUT2D eigenvalue weighted by atomic mass is 9.89.